The van der Waals surface area contributed by atoms with Crippen LogP contribution in [0.15, 0.2) is 61.1 Å². The van der Waals surface area contributed by atoms with Gasteiger partial charge in [-0.15, -0.1) is 0 Å². The van der Waals surface area contributed by atoms with Crippen molar-refractivity contribution < 1.29 is 0 Å². The van der Waals surface area contributed by atoms with E-state index in [1.807, 2.05) is 52.2 Å². The van der Waals surface area contributed by atoms with E-state index in [4.69, 9.17) is 5.10 Å². The van der Waals surface area contributed by atoms with E-state index in [9.17, 15) is 0 Å². The van der Waals surface area contributed by atoms with E-state index < -0.39 is 0 Å². The third-order valence-electron chi connectivity index (χ3n) is 4.49. The van der Waals surface area contributed by atoms with Crippen LogP contribution in [0.1, 0.15) is 18.5 Å². The fourth-order valence-corrected chi connectivity index (χ4v) is 3.31. The quantitative estimate of drug-likeness (QED) is 0.727. The Hall–Kier alpha value is -2.40. The van der Waals surface area contributed by atoms with E-state index in [0.717, 1.165) is 31.0 Å². The molecule has 5 nitrogen and oxygen atoms in total. The summed E-state index contributed by atoms with van der Waals surface area (Å²) in [6, 6.07) is 14.9. The predicted molar refractivity (Wildman–Crippen MR) is 89.2 cm³/mol. The highest BCUT2D eigenvalue weighted by molar-refractivity contribution is 5.30. The average Bonchev–Trinajstić information content (AvgIpc) is 3.33. The molecule has 1 aromatic carbocycles. The fraction of sp³-hybridized carbons (Fsp3) is 0.333. The van der Waals surface area contributed by atoms with Crippen LogP contribution < -0.4 is 0 Å². The molecule has 0 unspecified atom stereocenters. The first-order chi connectivity index (χ1) is 11.4. The lowest BCUT2D eigenvalue weighted by Gasteiger charge is -2.23. The maximum atomic E-state index is 4.73. The van der Waals surface area contributed by atoms with Crippen LogP contribution in [0.25, 0.3) is 5.69 Å². The molecule has 0 saturated carbocycles. The Morgan fingerprint density at radius 1 is 1.04 bits per heavy atom. The molecule has 1 aliphatic heterocycles. The molecule has 4 rings (SSSR count). The zero-order chi connectivity index (χ0) is 15.5. The Morgan fingerprint density at radius 3 is 2.78 bits per heavy atom. The first-order valence-corrected chi connectivity index (χ1v) is 8.20. The molecule has 0 spiro atoms. The maximum Gasteiger partial charge on any atom is 0.0769 e. The summed E-state index contributed by atoms with van der Waals surface area (Å²) in [7, 11) is 0. The molecule has 0 N–H and O–H groups in total. The molecule has 2 aromatic heterocycles. The minimum absolute atomic E-state index is 0.553. The zero-order valence-electron chi connectivity index (χ0n) is 13.1. The van der Waals surface area contributed by atoms with Crippen molar-refractivity contribution in [1.82, 2.24) is 24.5 Å². The van der Waals surface area contributed by atoms with Crippen LogP contribution in [-0.4, -0.2) is 37.0 Å². The van der Waals surface area contributed by atoms with Crippen LogP contribution in [0, 0.1) is 0 Å². The molecular formula is C18H21N5. The molecule has 3 aromatic rings. The number of para-hydroxylation sites is 1. The number of hydrogen-bond acceptors (Lipinski definition) is 3. The van der Waals surface area contributed by atoms with Gasteiger partial charge in [-0.3, -0.25) is 9.58 Å². The van der Waals surface area contributed by atoms with Gasteiger partial charge in [0.1, 0.15) is 0 Å². The van der Waals surface area contributed by atoms with E-state index in [-0.39, 0.29) is 0 Å². The lowest BCUT2D eigenvalue weighted by Crippen LogP contribution is -2.32. The second kappa shape index (κ2) is 6.38. The minimum atomic E-state index is 0.553. The molecule has 3 heterocycles. The Labute approximate surface area is 136 Å². The van der Waals surface area contributed by atoms with E-state index in [0.29, 0.717) is 6.04 Å². The van der Waals surface area contributed by atoms with Crippen molar-refractivity contribution in [2.75, 3.05) is 6.54 Å². The van der Waals surface area contributed by atoms with Crippen LogP contribution in [0.2, 0.25) is 0 Å². The van der Waals surface area contributed by atoms with Crippen molar-refractivity contribution in [3.05, 3.63) is 66.7 Å². The Kier molecular flexibility index (Phi) is 3.94. The lowest BCUT2D eigenvalue weighted by molar-refractivity contribution is 0.216. The van der Waals surface area contributed by atoms with Gasteiger partial charge < -0.3 is 0 Å². The summed E-state index contributed by atoms with van der Waals surface area (Å²) >= 11 is 0. The summed E-state index contributed by atoms with van der Waals surface area (Å²) in [5.41, 5.74) is 2.23. The normalized spacial score (nSPS) is 18.5. The molecule has 1 atom stereocenters. The van der Waals surface area contributed by atoms with E-state index in [1.54, 1.807) is 0 Å². The van der Waals surface area contributed by atoms with Gasteiger partial charge in [0.05, 0.1) is 17.9 Å². The number of benzene rings is 1. The summed E-state index contributed by atoms with van der Waals surface area (Å²) in [4.78, 5) is 2.53. The highest BCUT2D eigenvalue weighted by Gasteiger charge is 2.25. The molecule has 1 aliphatic rings. The van der Waals surface area contributed by atoms with Gasteiger partial charge in [-0.25, -0.2) is 4.68 Å². The van der Waals surface area contributed by atoms with Gasteiger partial charge in [0.15, 0.2) is 0 Å². The highest BCUT2D eigenvalue weighted by atomic mass is 15.3. The third kappa shape index (κ3) is 3.19. The van der Waals surface area contributed by atoms with Gasteiger partial charge in [-0.2, -0.15) is 10.2 Å². The number of aromatic nitrogens is 4. The SMILES string of the molecule is c1ccc(-n2ccc(CN3CCC[C@H]3Cn3cccn3)n2)cc1. The summed E-state index contributed by atoms with van der Waals surface area (Å²) in [5.74, 6) is 0. The number of likely N-dealkylation sites (tertiary alicyclic amines) is 1. The summed E-state index contributed by atoms with van der Waals surface area (Å²) in [6.07, 6.45) is 8.43. The first kappa shape index (κ1) is 14.2. The largest absolute Gasteiger partial charge is 0.293 e. The highest BCUT2D eigenvalue weighted by Crippen LogP contribution is 2.21. The van der Waals surface area contributed by atoms with Crippen LogP contribution in [-0.2, 0) is 13.1 Å². The van der Waals surface area contributed by atoms with Crippen LogP contribution in [0.3, 0.4) is 0 Å². The van der Waals surface area contributed by atoms with E-state index >= 15 is 0 Å². The minimum Gasteiger partial charge on any atom is -0.293 e. The molecule has 1 fully saturated rings. The van der Waals surface area contributed by atoms with Crippen LogP contribution >= 0.6 is 0 Å². The second-order valence-electron chi connectivity index (χ2n) is 6.08. The fourth-order valence-electron chi connectivity index (χ4n) is 3.31. The standard InChI is InChI=1S/C18H21N5/c1-2-6-17(7-3-1)23-13-9-16(20-23)14-21-11-4-8-18(21)15-22-12-5-10-19-22/h1-3,5-7,9-10,12-13,18H,4,8,11,14-15H2/t18-/m0/s1. The first-order valence-electron chi connectivity index (χ1n) is 8.20. The van der Waals surface area contributed by atoms with E-state index in [1.165, 1.54) is 12.8 Å². The Balaban J connectivity index is 1.44. The van der Waals surface area contributed by atoms with Crippen molar-refractivity contribution in [2.45, 2.75) is 32.0 Å². The molecule has 23 heavy (non-hydrogen) atoms. The molecular weight excluding hydrogens is 286 g/mol. The summed E-state index contributed by atoms with van der Waals surface area (Å²) < 4.78 is 3.99. The topological polar surface area (TPSA) is 38.9 Å². The average molecular weight is 307 g/mol. The van der Waals surface area contributed by atoms with Crippen molar-refractivity contribution in [1.29, 1.82) is 0 Å². The van der Waals surface area contributed by atoms with Crippen LogP contribution in [0.4, 0.5) is 0 Å². The zero-order valence-corrected chi connectivity index (χ0v) is 13.1. The maximum absolute atomic E-state index is 4.73. The van der Waals surface area contributed by atoms with Gasteiger partial charge in [0.2, 0.25) is 0 Å². The van der Waals surface area contributed by atoms with Crippen molar-refractivity contribution in [2.24, 2.45) is 0 Å². The lowest BCUT2D eigenvalue weighted by atomic mass is 10.2. The molecule has 5 heteroatoms. The monoisotopic (exact) mass is 307 g/mol. The van der Waals surface area contributed by atoms with Crippen molar-refractivity contribution in [3.8, 4) is 5.69 Å². The Bertz CT molecular complexity index is 732. The van der Waals surface area contributed by atoms with Crippen LogP contribution in [0.5, 0.6) is 0 Å². The molecule has 118 valence electrons. The Morgan fingerprint density at radius 2 is 1.96 bits per heavy atom. The molecule has 0 bridgehead atoms. The number of nitrogens with zero attached hydrogens (tertiary/aromatic N) is 5. The van der Waals surface area contributed by atoms with Gasteiger partial charge in [0.25, 0.3) is 0 Å². The second-order valence-corrected chi connectivity index (χ2v) is 6.08. The van der Waals surface area contributed by atoms with Crippen molar-refractivity contribution in [3.63, 3.8) is 0 Å². The predicted octanol–water partition coefficient (Wildman–Crippen LogP) is 2.73. The van der Waals surface area contributed by atoms with Gasteiger partial charge >= 0.3 is 0 Å². The molecule has 1 saturated heterocycles. The molecule has 0 aliphatic carbocycles. The van der Waals surface area contributed by atoms with Gasteiger partial charge in [-0.1, -0.05) is 18.2 Å². The van der Waals surface area contributed by atoms with E-state index in [2.05, 4.69) is 28.2 Å². The number of rotatable bonds is 5. The summed E-state index contributed by atoms with van der Waals surface area (Å²) in [5, 5.41) is 9.06. The molecule has 0 amide bonds. The van der Waals surface area contributed by atoms with Gasteiger partial charge in [0, 0.05) is 31.2 Å². The number of hydrogen-bond donors (Lipinski definition) is 0. The third-order valence-corrected chi connectivity index (χ3v) is 4.49. The smallest absolute Gasteiger partial charge is 0.0769 e. The molecule has 0 radical (unpaired) electrons. The van der Waals surface area contributed by atoms with Gasteiger partial charge in [-0.05, 0) is 43.7 Å². The summed E-state index contributed by atoms with van der Waals surface area (Å²) in [6.45, 7) is 3.02. The van der Waals surface area contributed by atoms with Crippen molar-refractivity contribution >= 4 is 0 Å².